The third-order valence-corrected chi connectivity index (χ3v) is 4.96. The van der Waals surface area contributed by atoms with E-state index in [1.54, 1.807) is 0 Å². The van der Waals surface area contributed by atoms with Crippen LogP contribution in [0.3, 0.4) is 0 Å². The van der Waals surface area contributed by atoms with Gasteiger partial charge in [0.1, 0.15) is 0 Å². The van der Waals surface area contributed by atoms with E-state index in [1.165, 1.54) is 11.3 Å². The van der Waals surface area contributed by atoms with Crippen LogP contribution in [0.2, 0.25) is 0 Å². The average molecular weight is 335 g/mol. The average Bonchev–Trinajstić information content (AvgIpc) is 3.05. The van der Waals surface area contributed by atoms with Crippen molar-refractivity contribution in [3.8, 4) is 0 Å². The first-order valence-electron chi connectivity index (χ1n) is 9.11. The lowest BCUT2D eigenvalue weighted by atomic mass is 10.0. The maximum atomic E-state index is 10.5. The fraction of sp³-hybridized carbons (Fsp3) is 0.778. The summed E-state index contributed by atoms with van der Waals surface area (Å²) in [4.78, 5) is 4.62. The first-order valence-corrected chi connectivity index (χ1v) is 9.11. The van der Waals surface area contributed by atoms with Gasteiger partial charge in [0.05, 0.1) is 17.8 Å². The molecule has 1 heterocycles. The number of nitrogens with zero attached hydrogens (tertiary/aromatic N) is 3. The van der Waals surface area contributed by atoms with E-state index in [0.29, 0.717) is 6.54 Å². The molecule has 24 heavy (non-hydrogen) atoms. The molecule has 1 fully saturated rings. The number of hydrogen-bond acceptors (Lipinski definition) is 3. The molecule has 6 heteroatoms. The van der Waals surface area contributed by atoms with Crippen LogP contribution in [-0.2, 0) is 13.5 Å². The lowest BCUT2D eigenvalue weighted by Crippen LogP contribution is -2.44. The largest absolute Gasteiger partial charge is 0.388 e. The van der Waals surface area contributed by atoms with Crippen LogP contribution >= 0.6 is 0 Å². The highest BCUT2D eigenvalue weighted by molar-refractivity contribution is 5.80. The monoisotopic (exact) mass is 335 g/mol. The maximum absolute atomic E-state index is 10.5. The zero-order chi connectivity index (χ0) is 17.7. The highest BCUT2D eigenvalue weighted by Gasteiger charge is 2.30. The van der Waals surface area contributed by atoms with E-state index in [-0.39, 0.29) is 6.04 Å². The quantitative estimate of drug-likeness (QED) is 0.548. The van der Waals surface area contributed by atoms with E-state index in [4.69, 9.17) is 0 Å². The molecule has 1 aromatic rings. The lowest BCUT2D eigenvalue weighted by molar-refractivity contribution is 0.0574. The molecule has 1 saturated carbocycles. The van der Waals surface area contributed by atoms with Crippen LogP contribution in [-0.4, -0.2) is 45.6 Å². The minimum absolute atomic E-state index is 0.239. The molecule has 1 aliphatic rings. The first-order chi connectivity index (χ1) is 11.3. The second-order valence-electron chi connectivity index (χ2n) is 7.15. The highest BCUT2D eigenvalue weighted by atomic mass is 16.3. The standard InChI is InChI=1S/C18H33N5O/c1-6-19-17(20-12-18(24)9-7-8-10-18)21-13(2)11-16-14(3)22-23(5)15(16)4/h13,24H,6-12H2,1-5H3,(H2,19,20,21). The van der Waals surface area contributed by atoms with Crippen LogP contribution in [0.1, 0.15) is 56.5 Å². The van der Waals surface area contributed by atoms with Crippen molar-refractivity contribution in [3.63, 3.8) is 0 Å². The molecular weight excluding hydrogens is 302 g/mol. The van der Waals surface area contributed by atoms with Gasteiger partial charge in [-0.05, 0) is 52.5 Å². The fourth-order valence-electron chi connectivity index (χ4n) is 3.44. The van der Waals surface area contributed by atoms with Gasteiger partial charge < -0.3 is 15.7 Å². The molecule has 136 valence electrons. The minimum atomic E-state index is -0.609. The van der Waals surface area contributed by atoms with Gasteiger partial charge in [0.2, 0.25) is 0 Å². The van der Waals surface area contributed by atoms with Crippen molar-refractivity contribution in [1.29, 1.82) is 0 Å². The zero-order valence-electron chi connectivity index (χ0n) is 15.8. The number of aliphatic hydroxyl groups is 1. The molecule has 1 unspecified atom stereocenters. The van der Waals surface area contributed by atoms with Crippen molar-refractivity contribution in [2.75, 3.05) is 13.1 Å². The molecule has 0 aliphatic heterocycles. The van der Waals surface area contributed by atoms with E-state index in [9.17, 15) is 5.11 Å². The van der Waals surface area contributed by atoms with Gasteiger partial charge >= 0.3 is 0 Å². The van der Waals surface area contributed by atoms with Crippen molar-refractivity contribution in [2.24, 2.45) is 12.0 Å². The Kier molecular flexibility index (Phi) is 6.27. The SMILES string of the molecule is CCNC(=NCC1(O)CCCC1)NC(C)Cc1c(C)nn(C)c1C. The number of rotatable bonds is 6. The molecule has 3 N–H and O–H groups in total. The van der Waals surface area contributed by atoms with E-state index in [1.807, 2.05) is 11.7 Å². The summed E-state index contributed by atoms with van der Waals surface area (Å²) < 4.78 is 1.94. The molecule has 0 spiro atoms. The van der Waals surface area contributed by atoms with Crippen molar-refractivity contribution < 1.29 is 5.11 Å². The zero-order valence-corrected chi connectivity index (χ0v) is 15.8. The highest BCUT2D eigenvalue weighted by Crippen LogP contribution is 2.29. The number of nitrogens with one attached hydrogen (secondary N) is 2. The van der Waals surface area contributed by atoms with Gasteiger partial charge in [0, 0.05) is 25.3 Å². The predicted octanol–water partition coefficient (Wildman–Crippen LogP) is 1.83. The molecule has 1 aromatic heterocycles. The van der Waals surface area contributed by atoms with Crippen LogP contribution in [0, 0.1) is 13.8 Å². The minimum Gasteiger partial charge on any atom is -0.388 e. The summed E-state index contributed by atoms with van der Waals surface area (Å²) in [6.07, 6.45) is 4.83. The second-order valence-corrected chi connectivity index (χ2v) is 7.15. The number of aryl methyl sites for hydroxylation is 2. The third-order valence-electron chi connectivity index (χ3n) is 4.96. The summed E-state index contributed by atoms with van der Waals surface area (Å²) >= 11 is 0. The molecule has 1 atom stereocenters. The Morgan fingerprint density at radius 1 is 1.38 bits per heavy atom. The number of aliphatic imine (C=N–C) groups is 1. The summed E-state index contributed by atoms with van der Waals surface area (Å²) in [5.74, 6) is 0.782. The van der Waals surface area contributed by atoms with Gasteiger partial charge in [-0.2, -0.15) is 5.10 Å². The van der Waals surface area contributed by atoms with Gasteiger partial charge in [0.15, 0.2) is 5.96 Å². The van der Waals surface area contributed by atoms with Crippen LogP contribution in [0.25, 0.3) is 0 Å². The summed E-state index contributed by atoms with van der Waals surface area (Å²) in [5.41, 5.74) is 2.99. The van der Waals surface area contributed by atoms with Crippen molar-refractivity contribution in [3.05, 3.63) is 17.0 Å². The molecule has 0 saturated heterocycles. The van der Waals surface area contributed by atoms with Gasteiger partial charge in [-0.1, -0.05) is 12.8 Å². The fourth-order valence-corrected chi connectivity index (χ4v) is 3.44. The molecule has 0 amide bonds. The summed E-state index contributed by atoms with van der Waals surface area (Å²) in [5, 5.41) is 21.7. The summed E-state index contributed by atoms with van der Waals surface area (Å²) in [6, 6.07) is 0.239. The van der Waals surface area contributed by atoms with Gasteiger partial charge in [-0.25, -0.2) is 0 Å². The Hall–Kier alpha value is -1.56. The van der Waals surface area contributed by atoms with Crippen LogP contribution < -0.4 is 10.6 Å². The van der Waals surface area contributed by atoms with Crippen molar-refractivity contribution >= 4 is 5.96 Å². The molecule has 0 aromatic carbocycles. The molecule has 0 radical (unpaired) electrons. The Labute approximate surface area is 145 Å². The molecule has 0 bridgehead atoms. The van der Waals surface area contributed by atoms with Gasteiger partial charge in [-0.3, -0.25) is 9.67 Å². The Morgan fingerprint density at radius 3 is 2.58 bits per heavy atom. The normalized spacial score (nSPS) is 18.7. The Balaban J connectivity index is 1.98. The molecule has 2 rings (SSSR count). The predicted molar refractivity (Wildman–Crippen MR) is 98.4 cm³/mol. The van der Waals surface area contributed by atoms with Gasteiger partial charge in [0.25, 0.3) is 0 Å². The van der Waals surface area contributed by atoms with Crippen LogP contribution in [0.15, 0.2) is 4.99 Å². The Morgan fingerprint density at radius 2 is 2.04 bits per heavy atom. The number of guanidine groups is 1. The third kappa shape index (κ3) is 4.72. The van der Waals surface area contributed by atoms with Gasteiger partial charge in [-0.15, -0.1) is 0 Å². The van der Waals surface area contributed by atoms with Crippen molar-refractivity contribution in [1.82, 2.24) is 20.4 Å². The number of aromatic nitrogens is 2. The van der Waals surface area contributed by atoms with E-state index >= 15 is 0 Å². The van der Waals surface area contributed by atoms with Crippen LogP contribution in [0.4, 0.5) is 0 Å². The Bertz CT molecular complexity index is 572. The first kappa shape index (κ1) is 18.8. The molecule has 1 aliphatic carbocycles. The van der Waals surface area contributed by atoms with E-state index in [0.717, 1.165) is 50.3 Å². The summed E-state index contributed by atoms with van der Waals surface area (Å²) in [7, 11) is 1.98. The topological polar surface area (TPSA) is 74.5 Å². The lowest BCUT2D eigenvalue weighted by Gasteiger charge is -2.22. The second kappa shape index (κ2) is 8.01. The molecule has 6 nitrogen and oxygen atoms in total. The van der Waals surface area contributed by atoms with E-state index in [2.05, 4.69) is 48.4 Å². The van der Waals surface area contributed by atoms with Crippen LogP contribution in [0.5, 0.6) is 0 Å². The smallest absolute Gasteiger partial charge is 0.191 e. The maximum Gasteiger partial charge on any atom is 0.191 e. The van der Waals surface area contributed by atoms with Crippen molar-refractivity contribution in [2.45, 2.75) is 71.4 Å². The van der Waals surface area contributed by atoms with E-state index < -0.39 is 5.60 Å². The summed E-state index contributed by atoms with van der Waals surface area (Å²) in [6.45, 7) is 9.66. The molecular formula is C18H33N5O. The number of hydrogen-bond donors (Lipinski definition) is 3.